The van der Waals surface area contributed by atoms with Gasteiger partial charge in [0, 0.05) is 44.6 Å². The Morgan fingerprint density at radius 1 is 1.36 bits per heavy atom. The van der Waals surface area contributed by atoms with E-state index in [1.54, 1.807) is 6.21 Å². The summed E-state index contributed by atoms with van der Waals surface area (Å²) in [5.41, 5.74) is 2.65. The monoisotopic (exact) mass is 362 g/mol. The standard InChI is InChI=1S/C19H30N4OS/c1-5-11-23(12-6-2)19(24)16-8-13-22(14-9-16)17-7-10-20-15(3)18(17)21-25-4/h7,10,16H,3,5-6,8-9,11-14H2,1-2,4H3/b21-18+. The molecule has 0 aromatic rings. The van der Waals surface area contributed by atoms with Gasteiger partial charge in [0.1, 0.15) is 5.71 Å². The van der Waals surface area contributed by atoms with Crippen molar-refractivity contribution in [3.05, 3.63) is 24.0 Å². The molecule has 0 N–H and O–H groups in total. The van der Waals surface area contributed by atoms with Crippen LogP contribution in [0.4, 0.5) is 0 Å². The minimum absolute atomic E-state index is 0.149. The molecule has 1 fully saturated rings. The number of carbonyl (C=O) groups excluding carboxylic acids is 1. The third kappa shape index (κ3) is 4.97. The molecular weight excluding hydrogens is 332 g/mol. The van der Waals surface area contributed by atoms with Crippen molar-refractivity contribution in [3.63, 3.8) is 0 Å². The summed E-state index contributed by atoms with van der Waals surface area (Å²) in [5, 5.41) is 0. The van der Waals surface area contributed by atoms with Gasteiger partial charge in [-0.25, -0.2) is 4.40 Å². The van der Waals surface area contributed by atoms with E-state index in [9.17, 15) is 4.79 Å². The molecule has 2 heterocycles. The number of aliphatic imine (C=N–C) groups is 1. The maximum Gasteiger partial charge on any atom is 0.225 e. The van der Waals surface area contributed by atoms with Crippen molar-refractivity contribution in [1.82, 2.24) is 9.80 Å². The smallest absolute Gasteiger partial charge is 0.225 e. The molecule has 25 heavy (non-hydrogen) atoms. The fourth-order valence-corrected chi connectivity index (χ4v) is 3.81. The molecule has 0 radical (unpaired) electrons. The van der Waals surface area contributed by atoms with Gasteiger partial charge < -0.3 is 9.80 Å². The van der Waals surface area contributed by atoms with E-state index in [2.05, 4.69) is 39.6 Å². The number of nitrogens with zero attached hydrogens (tertiary/aromatic N) is 4. The topological polar surface area (TPSA) is 48.3 Å². The summed E-state index contributed by atoms with van der Waals surface area (Å²) in [5.74, 6) is 0.487. The van der Waals surface area contributed by atoms with Crippen molar-refractivity contribution in [2.45, 2.75) is 39.5 Å². The Morgan fingerprint density at radius 3 is 2.56 bits per heavy atom. The lowest BCUT2D eigenvalue weighted by atomic mass is 9.94. The van der Waals surface area contributed by atoms with Crippen molar-refractivity contribution in [3.8, 4) is 0 Å². The predicted octanol–water partition coefficient (Wildman–Crippen LogP) is 3.55. The first-order valence-corrected chi connectivity index (χ1v) is 10.4. The van der Waals surface area contributed by atoms with E-state index in [1.165, 1.54) is 11.9 Å². The molecule has 0 atom stereocenters. The number of amides is 1. The van der Waals surface area contributed by atoms with Crippen LogP contribution in [0, 0.1) is 5.92 Å². The Labute approximate surface area is 156 Å². The van der Waals surface area contributed by atoms with Gasteiger partial charge in [-0.2, -0.15) is 0 Å². The molecule has 1 amide bonds. The number of allylic oxidation sites excluding steroid dienone is 1. The normalized spacial score (nSPS) is 20.1. The van der Waals surface area contributed by atoms with Gasteiger partial charge in [-0.05, 0) is 43.7 Å². The summed E-state index contributed by atoms with van der Waals surface area (Å²) >= 11 is 1.42. The maximum absolute atomic E-state index is 12.8. The maximum atomic E-state index is 12.8. The fraction of sp³-hybridized carbons (Fsp3) is 0.632. The number of dihydropyridines is 1. The van der Waals surface area contributed by atoms with Gasteiger partial charge in [-0.1, -0.05) is 20.4 Å². The van der Waals surface area contributed by atoms with E-state index in [4.69, 9.17) is 0 Å². The van der Waals surface area contributed by atoms with Gasteiger partial charge in [0.15, 0.2) is 0 Å². The molecule has 5 nitrogen and oxygen atoms in total. The van der Waals surface area contributed by atoms with Crippen LogP contribution in [0.25, 0.3) is 0 Å². The first-order valence-electron chi connectivity index (χ1n) is 9.21. The quantitative estimate of drug-likeness (QED) is 0.651. The van der Waals surface area contributed by atoms with Gasteiger partial charge in [-0.3, -0.25) is 9.79 Å². The molecule has 6 heteroatoms. The SMILES string of the molecule is C=C1N=CC=C(N2CCC(C(=O)N(CCC)CCC)CC2)/C1=N/SC. The van der Waals surface area contributed by atoms with Gasteiger partial charge in [0.05, 0.1) is 11.4 Å². The molecule has 138 valence electrons. The fourth-order valence-electron chi connectivity index (χ4n) is 3.43. The Bertz CT molecular complexity index is 568. The number of hydrogen-bond donors (Lipinski definition) is 0. The molecule has 0 unspecified atom stereocenters. The Hall–Kier alpha value is -1.56. The number of likely N-dealkylation sites (tertiary alicyclic amines) is 1. The minimum atomic E-state index is 0.149. The van der Waals surface area contributed by atoms with Gasteiger partial charge in [-0.15, -0.1) is 0 Å². The average molecular weight is 363 g/mol. The zero-order chi connectivity index (χ0) is 18.2. The van der Waals surface area contributed by atoms with Crippen molar-refractivity contribution in [2.24, 2.45) is 15.3 Å². The molecule has 0 spiro atoms. The second kappa shape index (κ2) is 9.80. The Morgan fingerprint density at radius 2 is 2.00 bits per heavy atom. The highest BCUT2D eigenvalue weighted by molar-refractivity contribution is 7.97. The van der Waals surface area contributed by atoms with Crippen molar-refractivity contribution in [1.29, 1.82) is 0 Å². The molecule has 0 saturated carbocycles. The Balaban J connectivity index is 2.00. The van der Waals surface area contributed by atoms with Crippen molar-refractivity contribution >= 4 is 29.8 Å². The van der Waals surface area contributed by atoms with Crippen LogP contribution in [0.3, 0.4) is 0 Å². The van der Waals surface area contributed by atoms with E-state index in [-0.39, 0.29) is 5.92 Å². The number of rotatable bonds is 7. The lowest BCUT2D eigenvalue weighted by Crippen LogP contribution is -2.44. The zero-order valence-corrected chi connectivity index (χ0v) is 16.5. The number of carbonyl (C=O) groups is 1. The second-order valence-corrected chi connectivity index (χ2v) is 7.03. The van der Waals surface area contributed by atoms with Crippen LogP contribution in [0.1, 0.15) is 39.5 Å². The third-order valence-electron chi connectivity index (χ3n) is 4.64. The van der Waals surface area contributed by atoms with Crippen LogP contribution in [0.15, 0.2) is 33.4 Å². The third-order valence-corrected chi connectivity index (χ3v) is 5.01. The molecule has 2 rings (SSSR count). The van der Waals surface area contributed by atoms with Crippen molar-refractivity contribution in [2.75, 3.05) is 32.4 Å². The summed E-state index contributed by atoms with van der Waals surface area (Å²) in [6.45, 7) is 11.8. The van der Waals surface area contributed by atoms with Gasteiger partial charge in [0.2, 0.25) is 5.91 Å². The highest BCUT2D eigenvalue weighted by atomic mass is 32.2. The van der Waals surface area contributed by atoms with Crippen LogP contribution in [-0.2, 0) is 4.79 Å². The zero-order valence-electron chi connectivity index (χ0n) is 15.7. The highest BCUT2D eigenvalue weighted by Gasteiger charge is 2.30. The summed E-state index contributed by atoms with van der Waals surface area (Å²) in [6.07, 6.45) is 9.58. The second-order valence-electron chi connectivity index (χ2n) is 6.49. The molecular formula is C19H30N4OS. The highest BCUT2D eigenvalue weighted by Crippen LogP contribution is 2.26. The first-order chi connectivity index (χ1) is 12.1. The summed E-state index contributed by atoms with van der Waals surface area (Å²) in [4.78, 5) is 21.4. The molecule has 0 aliphatic carbocycles. The van der Waals surface area contributed by atoms with E-state index in [0.29, 0.717) is 11.6 Å². The molecule has 0 aromatic heterocycles. The van der Waals surface area contributed by atoms with E-state index in [0.717, 1.165) is 63.3 Å². The molecule has 0 bridgehead atoms. The Kier molecular flexibility index (Phi) is 7.75. The summed E-state index contributed by atoms with van der Waals surface area (Å²) in [7, 11) is 0. The van der Waals surface area contributed by atoms with Gasteiger partial charge in [0.25, 0.3) is 0 Å². The molecule has 2 aliphatic rings. The number of piperidine rings is 1. The van der Waals surface area contributed by atoms with Crippen LogP contribution in [0.5, 0.6) is 0 Å². The molecule has 1 saturated heterocycles. The number of hydrogen-bond acceptors (Lipinski definition) is 5. The lowest BCUT2D eigenvalue weighted by Gasteiger charge is -2.37. The van der Waals surface area contributed by atoms with E-state index < -0.39 is 0 Å². The average Bonchev–Trinajstić information content (AvgIpc) is 2.63. The van der Waals surface area contributed by atoms with Crippen LogP contribution in [0.2, 0.25) is 0 Å². The van der Waals surface area contributed by atoms with E-state index >= 15 is 0 Å². The summed E-state index contributed by atoms with van der Waals surface area (Å²) in [6, 6.07) is 0. The molecule has 2 aliphatic heterocycles. The van der Waals surface area contributed by atoms with Gasteiger partial charge >= 0.3 is 0 Å². The van der Waals surface area contributed by atoms with Crippen LogP contribution >= 0.6 is 11.9 Å². The van der Waals surface area contributed by atoms with E-state index in [1.807, 2.05) is 12.3 Å². The minimum Gasteiger partial charge on any atom is -0.370 e. The largest absolute Gasteiger partial charge is 0.370 e. The van der Waals surface area contributed by atoms with Crippen LogP contribution < -0.4 is 0 Å². The summed E-state index contributed by atoms with van der Waals surface area (Å²) < 4.78 is 4.49. The predicted molar refractivity (Wildman–Crippen MR) is 108 cm³/mol. The van der Waals surface area contributed by atoms with Crippen molar-refractivity contribution < 1.29 is 4.79 Å². The lowest BCUT2D eigenvalue weighted by molar-refractivity contribution is -0.137. The van der Waals surface area contributed by atoms with Crippen LogP contribution in [-0.4, -0.2) is 60.1 Å². The first kappa shape index (κ1) is 19.8. The molecule has 0 aromatic carbocycles.